The van der Waals surface area contributed by atoms with Gasteiger partial charge in [0.2, 0.25) is 0 Å². The molecule has 0 aliphatic heterocycles. The molecule has 1 atom stereocenters. The second kappa shape index (κ2) is 10.3. The Morgan fingerprint density at radius 3 is 2.20 bits per heavy atom. The first-order valence-electron chi connectivity index (χ1n) is 8.80. The third-order valence-corrected chi connectivity index (χ3v) is 3.92. The summed E-state index contributed by atoms with van der Waals surface area (Å²) in [6.07, 6.45) is 4.14. The van der Waals surface area contributed by atoms with E-state index in [0.717, 1.165) is 25.7 Å². The second-order valence-electron chi connectivity index (χ2n) is 5.91. The van der Waals surface area contributed by atoms with E-state index in [0.29, 0.717) is 17.7 Å². The molecule has 0 spiro atoms. The SMILES string of the molecule is CCCCCCOC(=O)C(NC(=O)c1ccccc1)c1ccccc1. The highest BCUT2D eigenvalue weighted by molar-refractivity contribution is 5.97. The maximum absolute atomic E-state index is 12.5. The smallest absolute Gasteiger partial charge is 0.333 e. The predicted molar refractivity (Wildman–Crippen MR) is 98.2 cm³/mol. The molecule has 2 aromatic rings. The molecule has 2 aromatic carbocycles. The minimum absolute atomic E-state index is 0.294. The first-order chi connectivity index (χ1) is 12.2. The van der Waals surface area contributed by atoms with Crippen LogP contribution in [0.5, 0.6) is 0 Å². The number of carbonyl (C=O) groups is 2. The molecule has 25 heavy (non-hydrogen) atoms. The minimum Gasteiger partial charge on any atom is -0.464 e. The molecular weight excluding hydrogens is 314 g/mol. The van der Waals surface area contributed by atoms with Crippen LogP contribution in [0.1, 0.15) is 54.6 Å². The molecule has 0 heterocycles. The van der Waals surface area contributed by atoms with E-state index in [1.807, 2.05) is 36.4 Å². The number of nitrogens with one attached hydrogen (secondary N) is 1. The highest BCUT2D eigenvalue weighted by atomic mass is 16.5. The minimum atomic E-state index is -0.805. The van der Waals surface area contributed by atoms with Crippen LogP contribution in [0.15, 0.2) is 60.7 Å². The van der Waals surface area contributed by atoms with E-state index in [9.17, 15) is 9.59 Å². The van der Waals surface area contributed by atoms with Crippen LogP contribution in [-0.2, 0) is 9.53 Å². The zero-order chi connectivity index (χ0) is 17.9. The van der Waals surface area contributed by atoms with Gasteiger partial charge in [-0.25, -0.2) is 4.79 Å². The Balaban J connectivity index is 2.03. The fraction of sp³-hybridized carbons (Fsp3) is 0.333. The fourth-order valence-electron chi connectivity index (χ4n) is 2.51. The molecule has 0 bridgehead atoms. The largest absolute Gasteiger partial charge is 0.464 e. The average molecular weight is 339 g/mol. The van der Waals surface area contributed by atoms with E-state index in [1.165, 1.54) is 0 Å². The lowest BCUT2D eigenvalue weighted by Gasteiger charge is -2.18. The summed E-state index contributed by atoms with van der Waals surface area (Å²) < 4.78 is 5.39. The van der Waals surface area contributed by atoms with Crippen LogP contribution in [0.3, 0.4) is 0 Å². The van der Waals surface area contributed by atoms with E-state index < -0.39 is 12.0 Å². The molecule has 0 radical (unpaired) electrons. The first kappa shape index (κ1) is 18.7. The van der Waals surface area contributed by atoms with Crippen LogP contribution in [0.2, 0.25) is 0 Å². The lowest BCUT2D eigenvalue weighted by molar-refractivity contribution is -0.146. The van der Waals surface area contributed by atoms with E-state index >= 15 is 0 Å². The lowest BCUT2D eigenvalue weighted by atomic mass is 10.1. The van der Waals surface area contributed by atoms with E-state index in [-0.39, 0.29) is 5.91 Å². The van der Waals surface area contributed by atoms with Crippen molar-refractivity contribution in [1.82, 2.24) is 5.32 Å². The molecule has 0 aromatic heterocycles. The number of ether oxygens (including phenoxy) is 1. The number of rotatable bonds is 9. The van der Waals surface area contributed by atoms with Crippen LogP contribution in [-0.4, -0.2) is 18.5 Å². The molecule has 4 nitrogen and oxygen atoms in total. The van der Waals surface area contributed by atoms with Gasteiger partial charge in [-0.05, 0) is 24.1 Å². The van der Waals surface area contributed by atoms with Crippen molar-refractivity contribution in [3.8, 4) is 0 Å². The Morgan fingerprint density at radius 2 is 1.56 bits per heavy atom. The summed E-state index contributed by atoms with van der Waals surface area (Å²) in [5.41, 5.74) is 1.23. The zero-order valence-electron chi connectivity index (χ0n) is 14.6. The van der Waals surface area contributed by atoms with Gasteiger partial charge < -0.3 is 10.1 Å². The number of hydrogen-bond donors (Lipinski definition) is 1. The molecule has 0 aliphatic rings. The van der Waals surface area contributed by atoms with Gasteiger partial charge in [0.15, 0.2) is 6.04 Å². The van der Waals surface area contributed by atoms with E-state index in [4.69, 9.17) is 4.74 Å². The summed E-state index contributed by atoms with van der Waals surface area (Å²) in [5.74, 6) is -0.718. The van der Waals surface area contributed by atoms with E-state index in [2.05, 4.69) is 12.2 Å². The Morgan fingerprint density at radius 1 is 0.920 bits per heavy atom. The molecule has 0 saturated carbocycles. The van der Waals surface area contributed by atoms with Crippen LogP contribution in [0, 0.1) is 0 Å². The van der Waals surface area contributed by atoms with Crippen molar-refractivity contribution in [2.24, 2.45) is 0 Å². The topological polar surface area (TPSA) is 55.4 Å². The normalized spacial score (nSPS) is 11.6. The quantitative estimate of drug-likeness (QED) is 0.548. The summed E-state index contributed by atoms with van der Waals surface area (Å²) in [4.78, 5) is 24.9. The predicted octanol–water partition coefficient (Wildman–Crippen LogP) is 4.28. The van der Waals surface area contributed by atoms with Crippen LogP contribution in [0.25, 0.3) is 0 Å². The van der Waals surface area contributed by atoms with Crippen molar-refractivity contribution < 1.29 is 14.3 Å². The van der Waals surface area contributed by atoms with Gasteiger partial charge in [-0.2, -0.15) is 0 Å². The summed E-state index contributed by atoms with van der Waals surface area (Å²) in [6.45, 7) is 2.51. The van der Waals surface area contributed by atoms with Gasteiger partial charge in [0.1, 0.15) is 0 Å². The first-order valence-corrected chi connectivity index (χ1v) is 8.80. The summed E-state index contributed by atoms with van der Waals surface area (Å²) >= 11 is 0. The standard InChI is InChI=1S/C21H25NO3/c1-2-3-4-11-16-25-21(24)19(17-12-7-5-8-13-17)22-20(23)18-14-9-6-10-15-18/h5-10,12-15,19H,2-4,11,16H2,1H3,(H,22,23). The highest BCUT2D eigenvalue weighted by Gasteiger charge is 2.24. The van der Waals surface area contributed by atoms with Gasteiger partial charge in [0, 0.05) is 5.56 Å². The molecule has 1 unspecified atom stereocenters. The summed E-state index contributed by atoms with van der Waals surface area (Å²) in [7, 11) is 0. The third kappa shape index (κ3) is 6.07. The molecule has 132 valence electrons. The van der Waals surface area contributed by atoms with Gasteiger partial charge in [0.25, 0.3) is 5.91 Å². The Bertz CT molecular complexity index is 655. The zero-order valence-corrected chi connectivity index (χ0v) is 14.6. The fourth-order valence-corrected chi connectivity index (χ4v) is 2.51. The van der Waals surface area contributed by atoms with Gasteiger partial charge >= 0.3 is 5.97 Å². The summed E-state index contributed by atoms with van der Waals surface area (Å²) in [6, 6.07) is 17.2. The van der Waals surface area contributed by atoms with Gasteiger partial charge in [-0.15, -0.1) is 0 Å². The Kier molecular flexibility index (Phi) is 7.70. The Hall–Kier alpha value is -2.62. The van der Waals surface area contributed by atoms with Crippen molar-refractivity contribution in [3.05, 3.63) is 71.8 Å². The number of carbonyl (C=O) groups excluding carboxylic acids is 2. The van der Waals surface area contributed by atoms with Gasteiger partial charge in [0.05, 0.1) is 6.61 Å². The van der Waals surface area contributed by atoms with Crippen molar-refractivity contribution in [2.75, 3.05) is 6.61 Å². The molecular formula is C21H25NO3. The molecule has 1 amide bonds. The molecule has 1 N–H and O–H groups in total. The van der Waals surface area contributed by atoms with Crippen LogP contribution >= 0.6 is 0 Å². The van der Waals surface area contributed by atoms with Crippen LogP contribution in [0.4, 0.5) is 0 Å². The third-order valence-electron chi connectivity index (χ3n) is 3.92. The number of esters is 1. The maximum Gasteiger partial charge on any atom is 0.333 e. The number of benzene rings is 2. The molecule has 2 rings (SSSR count). The van der Waals surface area contributed by atoms with Crippen LogP contribution < -0.4 is 5.32 Å². The van der Waals surface area contributed by atoms with Crippen molar-refractivity contribution in [1.29, 1.82) is 0 Å². The average Bonchev–Trinajstić information content (AvgIpc) is 2.67. The van der Waals surface area contributed by atoms with Crippen molar-refractivity contribution >= 4 is 11.9 Å². The van der Waals surface area contributed by atoms with Crippen molar-refractivity contribution in [3.63, 3.8) is 0 Å². The number of hydrogen-bond acceptors (Lipinski definition) is 3. The molecule has 0 aliphatic carbocycles. The lowest BCUT2D eigenvalue weighted by Crippen LogP contribution is -2.35. The monoisotopic (exact) mass is 339 g/mol. The molecule has 0 fully saturated rings. The van der Waals surface area contributed by atoms with Gasteiger partial charge in [-0.3, -0.25) is 4.79 Å². The maximum atomic E-state index is 12.5. The Labute approximate surface area is 149 Å². The second-order valence-corrected chi connectivity index (χ2v) is 5.91. The van der Waals surface area contributed by atoms with Crippen molar-refractivity contribution in [2.45, 2.75) is 38.6 Å². The highest BCUT2D eigenvalue weighted by Crippen LogP contribution is 2.16. The van der Waals surface area contributed by atoms with E-state index in [1.54, 1.807) is 24.3 Å². The number of amides is 1. The molecule has 0 saturated heterocycles. The summed E-state index contributed by atoms with van der Waals surface area (Å²) in [5, 5.41) is 2.79. The van der Waals surface area contributed by atoms with Gasteiger partial charge in [-0.1, -0.05) is 74.7 Å². The number of unbranched alkanes of at least 4 members (excludes halogenated alkanes) is 3. The molecule has 4 heteroatoms.